The van der Waals surface area contributed by atoms with Crippen LogP contribution in [-0.2, 0) is 12.8 Å². The van der Waals surface area contributed by atoms with Crippen molar-refractivity contribution >= 4 is 16.9 Å². The zero-order valence-electron chi connectivity index (χ0n) is 20.6. The molecule has 4 heteroatoms. The minimum Gasteiger partial charge on any atom is -0.456 e. The Kier molecular flexibility index (Phi) is 6.29. The molecule has 0 aliphatic heterocycles. The molecule has 0 fully saturated rings. The monoisotopic (exact) mass is 465 g/mol. The minimum absolute atomic E-state index is 0.0284. The molecule has 0 bridgehead atoms. The zero-order valence-corrected chi connectivity index (χ0v) is 20.6. The molecule has 0 saturated heterocycles. The van der Waals surface area contributed by atoms with Crippen molar-refractivity contribution in [1.82, 2.24) is 5.32 Å². The third-order valence-corrected chi connectivity index (χ3v) is 7.08. The number of carbonyl (C=O) groups is 1. The van der Waals surface area contributed by atoms with Crippen LogP contribution in [0.15, 0.2) is 69.9 Å². The number of carbonyl (C=O) groups excluding carboxylic acids is 1. The molecule has 35 heavy (non-hydrogen) atoms. The Morgan fingerprint density at radius 2 is 1.69 bits per heavy atom. The molecule has 1 aliphatic rings. The maximum Gasteiger partial charge on any atom is 0.251 e. The highest BCUT2D eigenvalue weighted by Gasteiger charge is 2.17. The molecule has 1 aromatic heterocycles. The lowest BCUT2D eigenvalue weighted by atomic mass is 9.88. The SMILES string of the molecule is CCC(NC(=O)c1ccc(-c2cc(=O)c3cc(C)cc(C)c3o2)cc1)c1ccc2c(c1)CCCC2. The molecule has 4 nitrogen and oxygen atoms in total. The fourth-order valence-corrected chi connectivity index (χ4v) is 5.17. The third kappa shape index (κ3) is 4.66. The summed E-state index contributed by atoms with van der Waals surface area (Å²) in [7, 11) is 0. The normalized spacial score (nSPS) is 13.9. The summed E-state index contributed by atoms with van der Waals surface area (Å²) < 4.78 is 6.10. The summed E-state index contributed by atoms with van der Waals surface area (Å²) in [6.07, 6.45) is 5.60. The lowest BCUT2D eigenvalue weighted by Gasteiger charge is -2.22. The molecule has 1 unspecified atom stereocenters. The van der Waals surface area contributed by atoms with Crippen LogP contribution in [-0.4, -0.2) is 5.91 Å². The Morgan fingerprint density at radius 1 is 0.943 bits per heavy atom. The maximum atomic E-state index is 13.0. The Hall–Kier alpha value is -3.66. The molecule has 0 radical (unpaired) electrons. The van der Waals surface area contributed by atoms with E-state index in [0.29, 0.717) is 22.3 Å². The number of fused-ring (bicyclic) bond motifs is 2. The molecule has 0 saturated carbocycles. The van der Waals surface area contributed by atoms with Crippen LogP contribution in [0.2, 0.25) is 0 Å². The van der Waals surface area contributed by atoms with Gasteiger partial charge in [-0.05, 0) is 92.0 Å². The molecular formula is C31H31NO3. The van der Waals surface area contributed by atoms with E-state index in [9.17, 15) is 9.59 Å². The number of benzene rings is 3. The Morgan fingerprint density at radius 3 is 2.43 bits per heavy atom. The average molecular weight is 466 g/mol. The number of rotatable bonds is 5. The van der Waals surface area contributed by atoms with Crippen molar-refractivity contribution in [2.45, 2.75) is 58.9 Å². The summed E-state index contributed by atoms with van der Waals surface area (Å²) >= 11 is 0. The van der Waals surface area contributed by atoms with Gasteiger partial charge >= 0.3 is 0 Å². The van der Waals surface area contributed by atoms with Gasteiger partial charge < -0.3 is 9.73 Å². The lowest BCUT2D eigenvalue weighted by Crippen LogP contribution is -2.28. The highest BCUT2D eigenvalue weighted by molar-refractivity contribution is 5.95. The van der Waals surface area contributed by atoms with E-state index in [4.69, 9.17) is 4.42 Å². The highest BCUT2D eigenvalue weighted by Crippen LogP contribution is 2.28. The standard InChI is InChI=1S/C31H31NO3/c1-4-27(25-14-9-21-7-5-6-8-24(21)17-25)32-31(34)23-12-10-22(11-13-23)29-18-28(33)26-16-19(2)15-20(3)30(26)35-29/h9-18,27H,4-8H2,1-3H3,(H,32,34). The molecule has 1 atom stereocenters. The molecule has 4 aromatic rings. The Bertz CT molecular complexity index is 1460. The topological polar surface area (TPSA) is 59.3 Å². The maximum absolute atomic E-state index is 13.0. The van der Waals surface area contributed by atoms with E-state index < -0.39 is 0 Å². The Balaban J connectivity index is 1.36. The first-order valence-electron chi connectivity index (χ1n) is 12.5. The molecule has 1 aliphatic carbocycles. The van der Waals surface area contributed by atoms with Gasteiger partial charge in [0.2, 0.25) is 0 Å². The van der Waals surface area contributed by atoms with Gasteiger partial charge in [-0.2, -0.15) is 0 Å². The number of hydrogen-bond acceptors (Lipinski definition) is 3. The molecule has 5 rings (SSSR count). The van der Waals surface area contributed by atoms with Crippen LogP contribution < -0.4 is 10.7 Å². The second kappa shape index (κ2) is 9.53. The minimum atomic E-state index is -0.104. The van der Waals surface area contributed by atoms with E-state index in [-0.39, 0.29) is 17.4 Å². The van der Waals surface area contributed by atoms with Crippen LogP contribution in [0, 0.1) is 13.8 Å². The van der Waals surface area contributed by atoms with Crippen LogP contribution in [0.1, 0.15) is 70.4 Å². The summed E-state index contributed by atoms with van der Waals surface area (Å²) in [4.78, 5) is 25.8. The van der Waals surface area contributed by atoms with E-state index in [2.05, 4.69) is 30.4 Å². The smallest absolute Gasteiger partial charge is 0.251 e. The first-order valence-corrected chi connectivity index (χ1v) is 12.5. The fourth-order valence-electron chi connectivity index (χ4n) is 5.17. The van der Waals surface area contributed by atoms with Crippen molar-refractivity contribution in [3.05, 3.63) is 104 Å². The van der Waals surface area contributed by atoms with Gasteiger partial charge in [-0.3, -0.25) is 9.59 Å². The number of aryl methyl sites for hydroxylation is 4. The first kappa shape index (κ1) is 23.1. The van der Waals surface area contributed by atoms with E-state index in [1.165, 1.54) is 35.6 Å². The molecule has 1 heterocycles. The molecule has 178 valence electrons. The van der Waals surface area contributed by atoms with E-state index in [0.717, 1.165) is 36.0 Å². The summed E-state index contributed by atoms with van der Waals surface area (Å²) in [6, 6.07) is 19.3. The highest BCUT2D eigenvalue weighted by atomic mass is 16.3. The van der Waals surface area contributed by atoms with Crippen LogP contribution in [0.25, 0.3) is 22.3 Å². The molecule has 1 amide bonds. The van der Waals surface area contributed by atoms with Gasteiger partial charge in [-0.25, -0.2) is 0 Å². The van der Waals surface area contributed by atoms with E-state index in [1.54, 1.807) is 12.1 Å². The Labute approximate surface area is 206 Å². The van der Waals surface area contributed by atoms with Crippen molar-refractivity contribution in [1.29, 1.82) is 0 Å². The first-order chi connectivity index (χ1) is 16.9. The van der Waals surface area contributed by atoms with Crippen LogP contribution >= 0.6 is 0 Å². The average Bonchev–Trinajstić information content (AvgIpc) is 2.87. The van der Waals surface area contributed by atoms with Crippen LogP contribution in [0.3, 0.4) is 0 Å². The van der Waals surface area contributed by atoms with E-state index >= 15 is 0 Å². The number of nitrogens with one attached hydrogen (secondary N) is 1. The summed E-state index contributed by atoms with van der Waals surface area (Å²) in [5, 5.41) is 3.79. The van der Waals surface area contributed by atoms with Gasteiger partial charge in [-0.1, -0.05) is 43.3 Å². The van der Waals surface area contributed by atoms with Gasteiger partial charge in [0.05, 0.1) is 11.4 Å². The predicted octanol–water partition coefficient (Wildman–Crippen LogP) is 6.84. The summed E-state index contributed by atoms with van der Waals surface area (Å²) in [6.45, 7) is 6.01. The quantitative estimate of drug-likeness (QED) is 0.351. The van der Waals surface area contributed by atoms with Gasteiger partial charge in [0.25, 0.3) is 5.91 Å². The molecular weight excluding hydrogens is 434 g/mol. The van der Waals surface area contributed by atoms with Crippen molar-refractivity contribution in [3.8, 4) is 11.3 Å². The lowest BCUT2D eigenvalue weighted by molar-refractivity contribution is 0.0935. The van der Waals surface area contributed by atoms with Gasteiger partial charge in [-0.15, -0.1) is 0 Å². The molecule has 1 N–H and O–H groups in total. The molecule has 3 aromatic carbocycles. The summed E-state index contributed by atoms with van der Waals surface area (Å²) in [5.74, 6) is 0.398. The largest absolute Gasteiger partial charge is 0.456 e. The zero-order chi connectivity index (χ0) is 24.5. The second-order valence-electron chi connectivity index (χ2n) is 9.68. The predicted molar refractivity (Wildman–Crippen MR) is 141 cm³/mol. The van der Waals surface area contributed by atoms with Crippen LogP contribution in [0.5, 0.6) is 0 Å². The van der Waals surface area contributed by atoms with Crippen molar-refractivity contribution in [2.75, 3.05) is 0 Å². The van der Waals surface area contributed by atoms with Gasteiger partial charge in [0.15, 0.2) is 5.43 Å². The van der Waals surface area contributed by atoms with E-state index in [1.807, 2.05) is 38.1 Å². The van der Waals surface area contributed by atoms with Crippen molar-refractivity contribution in [3.63, 3.8) is 0 Å². The molecule has 0 spiro atoms. The van der Waals surface area contributed by atoms with Gasteiger partial charge in [0, 0.05) is 17.2 Å². The summed E-state index contributed by atoms with van der Waals surface area (Å²) in [5.41, 5.74) is 7.90. The van der Waals surface area contributed by atoms with Crippen molar-refractivity contribution in [2.24, 2.45) is 0 Å². The van der Waals surface area contributed by atoms with Crippen LogP contribution in [0.4, 0.5) is 0 Å². The number of hydrogen-bond donors (Lipinski definition) is 1. The second-order valence-corrected chi connectivity index (χ2v) is 9.68. The third-order valence-electron chi connectivity index (χ3n) is 7.08. The fraction of sp³-hybridized carbons (Fsp3) is 0.290. The van der Waals surface area contributed by atoms with Gasteiger partial charge in [0.1, 0.15) is 11.3 Å². The number of amides is 1. The van der Waals surface area contributed by atoms with Crippen molar-refractivity contribution < 1.29 is 9.21 Å².